The lowest BCUT2D eigenvalue weighted by molar-refractivity contribution is -0.140. The number of rotatable bonds is 5. The lowest BCUT2D eigenvalue weighted by atomic mass is 10.0. The molecule has 0 aliphatic carbocycles. The molecule has 0 bridgehead atoms. The van der Waals surface area contributed by atoms with Crippen molar-refractivity contribution in [3.05, 3.63) is 35.9 Å². The first-order valence-corrected chi connectivity index (χ1v) is 5.06. The highest BCUT2D eigenvalue weighted by atomic mass is 16.5. The molecule has 5 heteroatoms. The molecule has 0 aliphatic heterocycles. The maximum Gasteiger partial charge on any atom is 0.305 e. The Balaban J connectivity index is 2.70. The van der Waals surface area contributed by atoms with Crippen LogP contribution in [0.2, 0.25) is 0 Å². The number of nitrogens with zero attached hydrogens (tertiary/aromatic N) is 1. The fourth-order valence-electron chi connectivity index (χ4n) is 1.29. The molecule has 0 atom stereocenters. The van der Waals surface area contributed by atoms with Gasteiger partial charge in [0.25, 0.3) is 0 Å². The standard InChI is InChI=1S/C12H13NO4/c1-17-11(14)8-7-10(13-16)12(15)9-5-3-2-4-6-9/h2-6,16H,7-8H2,1H3/b13-10+. The van der Waals surface area contributed by atoms with Gasteiger partial charge in [0, 0.05) is 12.0 Å². The summed E-state index contributed by atoms with van der Waals surface area (Å²) in [4.78, 5) is 22.8. The van der Waals surface area contributed by atoms with Gasteiger partial charge < -0.3 is 9.94 Å². The van der Waals surface area contributed by atoms with Crippen molar-refractivity contribution in [2.45, 2.75) is 12.8 Å². The Bertz CT molecular complexity index is 425. The Morgan fingerprint density at radius 3 is 2.41 bits per heavy atom. The molecular weight excluding hydrogens is 222 g/mol. The van der Waals surface area contributed by atoms with E-state index in [2.05, 4.69) is 9.89 Å². The zero-order valence-electron chi connectivity index (χ0n) is 9.42. The van der Waals surface area contributed by atoms with Crippen LogP contribution in [0.3, 0.4) is 0 Å². The predicted octanol–water partition coefficient (Wildman–Crippen LogP) is 1.65. The highest BCUT2D eigenvalue weighted by Crippen LogP contribution is 2.05. The number of esters is 1. The van der Waals surface area contributed by atoms with E-state index in [0.29, 0.717) is 5.56 Å². The van der Waals surface area contributed by atoms with Gasteiger partial charge in [-0.05, 0) is 0 Å². The van der Waals surface area contributed by atoms with E-state index < -0.39 is 11.8 Å². The molecule has 0 spiro atoms. The number of ether oxygens (including phenoxy) is 1. The lowest BCUT2D eigenvalue weighted by Crippen LogP contribution is -2.16. The van der Waals surface area contributed by atoms with Crippen LogP contribution in [0, 0.1) is 0 Å². The minimum Gasteiger partial charge on any atom is -0.469 e. The van der Waals surface area contributed by atoms with Gasteiger partial charge in [-0.25, -0.2) is 0 Å². The van der Waals surface area contributed by atoms with Crippen LogP contribution in [0.15, 0.2) is 35.5 Å². The van der Waals surface area contributed by atoms with E-state index in [-0.39, 0.29) is 18.6 Å². The van der Waals surface area contributed by atoms with Gasteiger partial charge in [0.2, 0.25) is 5.78 Å². The van der Waals surface area contributed by atoms with Crippen molar-refractivity contribution in [2.24, 2.45) is 5.16 Å². The Kier molecular flexibility index (Phi) is 4.87. The smallest absolute Gasteiger partial charge is 0.305 e. The Hall–Kier alpha value is -2.17. The van der Waals surface area contributed by atoms with Crippen LogP contribution in [0.25, 0.3) is 0 Å². The quantitative estimate of drug-likeness (QED) is 0.277. The van der Waals surface area contributed by atoms with E-state index >= 15 is 0 Å². The van der Waals surface area contributed by atoms with Gasteiger partial charge in [0.05, 0.1) is 13.5 Å². The second-order valence-corrected chi connectivity index (χ2v) is 3.32. The zero-order chi connectivity index (χ0) is 12.7. The average Bonchev–Trinajstić information content (AvgIpc) is 2.39. The SMILES string of the molecule is COC(=O)CC/C(=N\O)C(=O)c1ccccc1. The largest absolute Gasteiger partial charge is 0.469 e. The Labute approximate surface area is 98.7 Å². The summed E-state index contributed by atoms with van der Waals surface area (Å²) >= 11 is 0. The van der Waals surface area contributed by atoms with Crippen molar-refractivity contribution in [1.29, 1.82) is 0 Å². The van der Waals surface area contributed by atoms with Crippen molar-refractivity contribution in [2.75, 3.05) is 7.11 Å². The monoisotopic (exact) mass is 235 g/mol. The summed E-state index contributed by atoms with van der Waals surface area (Å²) in [6, 6.07) is 8.43. The summed E-state index contributed by atoms with van der Waals surface area (Å²) in [7, 11) is 1.26. The van der Waals surface area contributed by atoms with Gasteiger partial charge in [0.1, 0.15) is 5.71 Å². The first kappa shape index (κ1) is 12.9. The second-order valence-electron chi connectivity index (χ2n) is 3.32. The first-order valence-electron chi connectivity index (χ1n) is 5.06. The van der Waals surface area contributed by atoms with Crippen molar-refractivity contribution in [1.82, 2.24) is 0 Å². The Morgan fingerprint density at radius 2 is 1.88 bits per heavy atom. The normalized spacial score (nSPS) is 11.0. The summed E-state index contributed by atoms with van der Waals surface area (Å²) in [6.45, 7) is 0. The molecule has 1 rings (SSSR count). The minimum absolute atomic E-state index is 0.00840. The molecule has 17 heavy (non-hydrogen) atoms. The number of oxime groups is 1. The molecule has 0 amide bonds. The maximum absolute atomic E-state index is 11.8. The van der Waals surface area contributed by atoms with Crippen LogP contribution in [-0.2, 0) is 9.53 Å². The van der Waals surface area contributed by atoms with Gasteiger partial charge in [-0.1, -0.05) is 35.5 Å². The molecule has 0 saturated carbocycles. The molecular formula is C12H13NO4. The van der Waals surface area contributed by atoms with Crippen LogP contribution < -0.4 is 0 Å². The molecule has 5 nitrogen and oxygen atoms in total. The molecule has 0 aromatic heterocycles. The number of benzene rings is 1. The number of ketones is 1. The summed E-state index contributed by atoms with van der Waals surface area (Å²) in [5, 5.41) is 11.7. The maximum atomic E-state index is 11.8. The summed E-state index contributed by atoms with van der Waals surface area (Å²) in [5.41, 5.74) is 0.367. The molecule has 0 radical (unpaired) electrons. The minimum atomic E-state index is -0.452. The van der Waals surface area contributed by atoms with Gasteiger partial charge in [-0.15, -0.1) is 0 Å². The van der Waals surface area contributed by atoms with E-state index in [1.165, 1.54) is 7.11 Å². The molecule has 0 fully saturated rings. The molecule has 1 aromatic rings. The Morgan fingerprint density at radius 1 is 1.24 bits per heavy atom. The van der Waals surface area contributed by atoms with Crippen molar-refractivity contribution in [3.8, 4) is 0 Å². The lowest BCUT2D eigenvalue weighted by Gasteiger charge is -2.03. The van der Waals surface area contributed by atoms with Crippen LogP contribution >= 0.6 is 0 Å². The molecule has 0 unspecified atom stereocenters. The fraction of sp³-hybridized carbons (Fsp3) is 0.250. The highest BCUT2D eigenvalue weighted by Gasteiger charge is 2.16. The van der Waals surface area contributed by atoms with Gasteiger partial charge in [0.15, 0.2) is 0 Å². The number of methoxy groups -OCH3 is 1. The zero-order valence-corrected chi connectivity index (χ0v) is 9.42. The molecule has 1 N–H and O–H groups in total. The van der Waals surface area contributed by atoms with E-state index in [0.717, 1.165) is 0 Å². The van der Waals surface area contributed by atoms with Gasteiger partial charge in [-0.2, -0.15) is 0 Å². The number of carbonyl (C=O) groups excluding carboxylic acids is 2. The summed E-state index contributed by atoms with van der Waals surface area (Å²) in [5.74, 6) is -0.844. The van der Waals surface area contributed by atoms with Crippen LogP contribution in [-0.4, -0.2) is 29.8 Å². The molecule has 0 aliphatic rings. The van der Waals surface area contributed by atoms with Crippen molar-refractivity contribution >= 4 is 17.5 Å². The number of carbonyl (C=O) groups is 2. The van der Waals surface area contributed by atoms with E-state index in [1.807, 2.05) is 0 Å². The number of Topliss-reactive ketones (excluding diaryl/α,β-unsaturated/α-hetero) is 1. The third-order valence-corrected chi connectivity index (χ3v) is 2.21. The topological polar surface area (TPSA) is 76.0 Å². The van der Waals surface area contributed by atoms with E-state index in [4.69, 9.17) is 5.21 Å². The number of hydrogen-bond donors (Lipinski definition) is 1. The van der Waals surface area contributed by atoms with Crippen LogP contribution in [0.5, 0.6) is 0 Å². The first-order chi connectivity index (χ1) is 8.19. The van der Waals surface area contributed by atoms with Crippen molar-refractivity contribution < 1.29 is 19.5 Å². The fourth-order valence-corrected chi connectivity index (χ4v) is 1.29. The molecule has 90 valence electrons. The number of hydrogen-bond acceptors (Lipinski definition) is 5. The van der Waals surface area contributed by atoms with Gasteiger partial charge in [-0.3, -0.25) is 9.59 Å². The van der Waals surface area contributed by atoms with E-state index in [1.54, 1.807) is 30.3 Å². The summed E-state index contributed by atoms with van der Waals surface area (Å²) in [6.07, 6.45) is 0.0609. The van der Waals surface area contributed by atoms with Crippen LogP contribution in [0.4, 0.5) is 0 Å². The molecule has 0 saturated heterocycles. The predicted molar refractivity (Wildman–Crippen MR) is 61.2 cm³/mol. The third-order valence-electron chi connectivity index (χ3n) is 2.21. The van der Waals surface area contributed by atoms with Gasteiger partial charge >= 0.3 is 5.97 Å². The third kappa shape index (κ3) is 3.71. The molecule has 0 heterocycles. The molecule has 1 aromatic carbocycles. The average molecular weight is 235 g/mol. The second kappa shape index (κ2) is 6.42. The van der Waals surface area contributed by atoms with Crippen molar-refractivity contribution in [3.63, 3.8) is 0 Å². The summed E-state index contributed by atoms with van der Waals surface area (Å²) < 4.78 is 4.44. The van der Waals surface area contributed by atoms with Crippen LogP contribution in [0.1, 0.15) is 23.2 Å². The highest BCUT2D eigenvalue weighted by molar-refractivity contribution is 6.46. The van der Waals surface area contributed by atoms with E-state index in [9.17, 15) is 9.59 Å².